The molecule has 12 heavy (non-hydrogen) atoms. The maximum atomic E-state index is 8.78. The highest BCUT2D eigenvalue weighted by molar-refractivity contribution is 5.19. The van der Waals surface area contributed by atoms with E-state index in [1.165, 1.54) is 24.8 Å². The lowest BCUT2D eigenvalue weighted by Crippen LogP contribution is -2.09. The van der Waals surface area contributed by atoms with Gasteiger partial charge >= 0.3 is 0 Å². The highest BCUT2D eigenvalue weighted by atomic mass is 16.3. The highest BCUT2D eigenvalue weighted by Gasteiger charge is 2.19. The van der Waals surface area contributed by atoms with Crippen LogP contribution in [0.5, 0.6) is 0 Å². The van der Waals surface area contributed by atoms with Crippen LogP contribution in [0.4, 0.5) is 0 Å². The van der Waals surface area contributed by atoms with Gasteiger partial charge in [-0.3, -0.25) is 4.98 Å². The molecule has 0 radical (unpaired) electrons. The van der Waals surface area contributed by atoms with Crippen molar-refractivity contribution < 1.29 is 5.11 Å². The Hall–Kier alpha value is -0.890. The summed E-state index contributed by atoms with van der Waals surface area (Å²) < 4.78 is 0. The van der Waals surface area contributed by atoms with Crippen LogP contribution < -0.4 is 0 Å². The summed E-state index contributed by atoms with van der Waals surface area (Å²) >= 11 is 0. The lowest BCUT2D eigenvalue weighted by Gasteiger charge is -2.25. The van der Waals surface area contributed by atoms with E-state index in [-0.39, 0.29) is 6.61 Å². The van der Waals surface area contributed by atoms with Crippen molar-refractivity contribution in [3.8, 4) is 0 Å². The van der Waals surface area contributed by atoms with E-state index >= 15 is 0 Å². The Morgan fingerprint density at radius 2 is 2.25 bits per heavy atom. The van der Waals surface area contributed by atoms with Crippen LogP contribution in [-0.2, 0) is 6.61 Å². The molecule has 2 rings (SSSR count). The molecule has 1 saturated carbocycles. The van der Waals surface area contributed by atoms with E-state index in [1.54, 1.807) is 0 Å². The van der Waals surface area contributed by atoms with Gasteiger partial charge in [0.1, 0.15) is 0 Å². The Morgan fingerprint density at radius 1 is 1.42 bits per heavy atom. The normalized spacial score (nSPS) is 17.4. The van der Waals surface area contributed by atoms with Crippen LogP contribution in [-0.4, -0.2) is 10.1 Å². The van der Waals surface area contributed by atoms with Crippen molar-refractivity contribution in [1.29, 1.82) is 0 Å². The Bertz CT molecular complexity index is 251. The summed E-state index contributed by atoms with van der Waals surface area (Å²) in [7, 11) is 0. The van der Waals surface area contributed by atoms with Crippen molar-refractivity contribution >= 4 is 0 Å². The van der Waals surface area contributed by atoms with Gasteiger partial charge in [-0.25, -0.2) is 0 Å². The van der Waals surface area contributed by atoms with Crippen LogP contribution in [0.25, 0.3) is 0 Å². The quantitative estimate of drug-likeness (QED) is 0.721. The molecule has 1 heterocycles. The second-order valence-electron chi connectivity index (χ2n) is 3.37. The van der Waals surface area contributed by atoms with E-state index < -0.39 is 0 Å². The van der Waals surface area contributed by atoms with E-state index in [2.05, 4.69) is 11.1 Å². The first-order valence-corrected chi connectivity index (χ1v) is 4.46. The van der Waals surface area contributed by atoms with Crippen molar-refractivity contribution in [2.24, 2.45) is 0 Å². The second-order valence-corrected chi connectivity index (χ2v) is 3.37. The zero-order valence-electron chi connectivity index (χ0n) is 7.03. The van der Waals surface area contributed by atoms with Crippen LogP contribution >= 0.6 is 0 Å². The molecule has 0 aromatic carbocycles. The van der Waals surface area contributed by atoms with Crippen LogP contribution in [0.15, 0.2) is 18.3 Å². The third kappa shape index (κ3) is 1.34. The monoisotopic (exact) mass is 163 g/mol. The molecule has 0 bridgehead atoms. The van der Waals surface area contributed by atoms with Gasteiger partial charge in [0.2, 0.25) is 0 Å². The standard InChI is InChI=1S/C10H13NO/c12-7-10-5-4-9(6-11-10)8-2-1-3-8/h4-6,8,12H,1-3,7H2. The Morgan fingerprint density at radius 3 is 2.67 bits per heavy atom. The third-order valence-corrected chi connectivity index (χ3v) is 2.59. The predicted octanol–water partition coefficient (Wildman–Crippen LogP) is 1.84. The lowest BCUT2D eigenvalue weighted by molar-refractivity contribution is 0.276. The molecule has 0 aliphatic heterocycles. The van der Waals surface area contributed by atoms with E-state index in [4.69, 9.17) is 5.11 Å². The van der Waals surface area contributed by atoms with E-state index in [1.807, 2.05) is 12.3 Å². The fraction of sp³-hybridized carbons (Fsp3) is 0.500. The minimum Gasteiger partial charge on any atom is -0.390 e. The molecule has 0 saturated heterocycles. The van der Waals surface area contributed by atoms with Gasteiger partial charge < -0.3 is 5.11 Å². The fourth-order valence-electron chi connectivity index (χ4n) is 1.51. The average molecular weight is 163 g/mol. The van der Waals surface area contributed by atoms with Gasteiger partial charge in [0.05, 0.1) is 12.3 Å². The lowest BCUT2D eigenvalue weighted by atomic mass is 9.81. The van der Waals surface area contributed by atoms with E-state index in [0.717, 1.165) is 11.6 Å². The summed E-state index contributed by atoms with van der Waals surface area (Å²) in [6.07, 6.45) is 5.86. The predicted molar refractivity (Wildman–Crippen MR) is 46.8 cm³/mol. The van der Waals surface area contributed by atoms with Gasteiger partial charge in [-0.05, 0) is 30.4 Å². The molecule has 64 valence electrons. The molecule has 1 aliphatic rings. The number of aliphatic hydroxyl groups is 1. The van der Waals surface area contributed by atoms with Gasteiger partial charge in [0.25, 0.3) is 0 Å². The Balaban J connectivity index is 2.13. The van der Waals surface area contributed by atoms with Gasteiger partial charge in [-0.2, -0.15) is 0 Å². The minimum absolute atomic E-state index is 0.0466. The van der Waals surface area contributed by atoms with Crippen LogP contribution in [0.3, 0.4) is 0 Å². The van der Waals surface area contributed by atoms with Crippen molar-refractivity contribution in [2.45, 2.75) is 31.8 Å². The largest absolute Gasteiger partial charge is 0.390 e. The first-order valence-electron chi connectivity index (χ1n) is 4.46. The van der Waals surface area contributed by atoms with Crippen molar-refractivity contribution in [3.05, 3.63) is 29.6 Å². The molecule has 1 aliphatic carbocycles. The topological polar surface area (TPSA) is 33.1 Å². The molecule has 0 atom stereocenters. The van der Waals surface area contributed by atoms with Crippen LogP contribution in [0, 0.1) is 0 Å². The van der Waals surface area contributed by atoms with Gasteiger partial charge in [0.15, 0.2) is 0 Å². The maximum Gasteiger partial charge on any atom is 0.0852 e. The summed E-state index contributed by atoms with van der Waals surface area (Å²) in [5.74, 6) is 0.741. The first kappa shape index (κ1) is 7.74. The summed E-state index contributed by atoms with van der Waals surface area (Å²) in [6.45, 7) is 0.0466. The number of aromatic nitrogens is 1. The molecule has 2 nitrogen and oxygen atoms in total. The summed E-state index contributed by atoms with van der Waals surface area (Å²) in [5.41, 5.74) is 2.09. The molecule has 0 spiro atoms. The summed E-state index contributed by atoms with van der Waals surface area (Å²) in [4.78, 5) is 4.15. The zero-order chi connectivity index (χ0) is 8.39. The molecule has 1 aromatic heterocycles. The molecular weight excluding hydrogens is 150 g/mol. The molecule has 1 N–H and O–H groups in total. The number of pyridine rings is 1. The number of aliphatic hydroxyl groups excluding tert-OH is 1. The summed E-state index contributed by atoms with van der Waals surface area (Å²) in [6, 6.07) is 4.00. The first-order chi connectivity index (χ1) is 5.90. The van der Waals surface area contributed by atoms with E-state index in [0.29, 0.717) is 0 Å². The number of hydrogen-bond donors (Lipinski definition) is 1. The number of nitrogens with zero attached hydrogens (tertiary/aromatic N) is 1. The maximum absolute atomic E-state index is 8.78. The molecule has 0 amide bonds. The summed E-state index contributed by atoms with van der Waals surface area (Å²) in [5, 5.41) is 8.78. The van der Waals surface area contributed by atoms with Gasteiger partial charge in [0, 0.05) is 6.20 Å². The SMILES string of the molecule is OCc1ccc(C2CCC2)cn1. The van der Waals surface area contributed by atoms with Crippen LogP contribution in [0.2, 0.25) is 0 Å². The third-order valence-electron chi connectivity index (χ3n) is 2.59. The molecular formula is C10H13NO. The molecule has 2 heteroatoms. The molecule has 1 aromatic rings. The number of rotatable bonds is 2. The smallest absolute Gasteiger partial charge is 0.0852 e. The van der Waals surface area contributed by atoms with Gasteiger partial charge in [-0.1, -0.05) is 12.5 Å². The zero-order valence-corrected chi connectivity index (χ0v) is 7.03. The average Bonchev–Trinajstić information content (AvgIpc) is 2.03. The highest BCUT2D eigenvalue weighted by Crippen LogP contribution is 2.35. The molecule has 0 unspecified atom stereocenters. The van der Waals surface area contributed by atoms with Crippen molar-refractivity contribution in [3.63, 3.8) is 0 Å². The van der Waals surface area contributed by atoms with Crippen molar-refractivity contribution in [2.75, 3.05) is 0 Å². The Labute approximate surface area is 72.3 Å². The van der Waals surface area contributed by atoms with Crippen LogP contribution in [0.1, 0.15) is 36.4 Å². The minimum atomic E-state index is 0.0466. The van der Waals surface area contributed by atoms with E-state index in [9.17, 15) is 0 Å². The molecule has 1 fully saturated rings. The fourth-order valence-corrected chi connectivity index (χ4v) is 1.51. The Kier molecular flexibility index (Phi) is 2.09. The second kappa shape index (κ2) is 3.23. The van der Waals surface area contributed by atoms with Gasteiger partial charge in [-0.15, -0.1) is 0 Å². The number of hydrogen-bond acceptors (Lipinski definition) is 2. The van der Waals surface area contributed by atoms with Crippen molar-refractivity contribution in [1.82, 2.24) is 4.98 Å².